The fourth-order valence-electron chi connectivity index (χ4n) is 3.76. The number of hydrogen-bond acceptors (Lipinski definition) is 6. The first kappa shape index (κ1) is 29.5. The minimum absolute atomic E-state index is 0.113. The number of anilines is 1. The van der Waals surface area contributed by atoms with Crippen molar-refractivity contribution in [2.75, 3.05) is 36.9 Å². The topological polar surface area (TPSA) is 116 Å². The van der Waals surface area contributed by atoms with Gasteiger partial charge in [0.2, 0.25) is 11.8 Å². The fourth-order valence-corrected chi connectivity index (χ4v) is 4.16. The number of carbonyl (C=O) groups excluding carboxylic acids is 3. The molecule has 2 rings (SSSR count). The molecule has 3 N–H and O–H groups in total. The highest BCUT2D eigenvalue weighted by Gasteiger charge is 2.28. The highest BCUT2D eigenvalue weighted by Crippen LogP contribution is 2.16. The average molecular weight is 540 g/mol. The molecule has 36 heavy (non-hydrogen) atoms. The third kappa shape index (κ3) is 9.70. The Morgan fingerprint density at radius 1 is 1.06 bits per heavy atom. The van der Waals surface area contributed by atoms with Gasteiger partial charge in [-0.1, -0.05) is 26.0 Å². The molecule has 1 heterocycles. The summed E-state index contributed by atoms with van der Waals surface area (Å²) in [5.74, 6) is -0.201. The van der Waals surface area contributed by atoms with E-state index in [4.69, 9.17) is 27.9 Å². The number of rotatable bonds is 15. The molecule has 0 saturated heterocycles. The Morgan fingerprint density at radius 3 is 2.25 bits per heavy atom. The molecule has 11 heteroatoms. The Kier molecular flexibility index (Phi) is 12.6. The van der Waals surface area contributed by atoms with Crippen LogP contribution < -0.4 is 15.5 Å². The van der Waals surface area contributed by atoms with Gasteiger partial charge in [0, 0.05) is 48.8 Å². The van der Waals surface area contributed by atoms with Crippen molar-refractivity contribution in [1.29, 1.82) is 0 Å². The number of halogens is 2. The summed E-state index contributed by atoms with van der Waals surface area (Å²) in [7, 11) is 1.26. The Balaban J connectivity index is 2.04. The maximum Gasteiger partial charge on any atom is 0.328 e. The molecular weight excluding hydrogens is 505 g/mol. The third-order valence-electron chi connectivity index (χ3n) is 5.51. The van der Waals surface area contributed by atoms with Gasteiger partial charge in [-0.3, -0.25) is 9.59 Å². The number of alkyl halides is 2. The predicted molar refractivity (Wildman–Crippen MR) is 141 cm³/mol. The van der Waals surface area contributed by atoms with Crippen LogP contribution in [0.4, 0.5) is 5.69 Å². The number of amides is 2. The lowest BCUT2D eigenvalue weighted by atomic mass is 10.0. The molecule has 0 radical (unpaired) electrons. The first-order valence-corrected chi connectivity index (χ1v) is 12.9. The number of methoxy groups -OCH3 is 1. The van der Waals surface area contributed by atoms with Crippen LogP contribution in [0, 0.1) is 5.92 Å². The van der Waals surface area contributed by atoms with Crippen LogP contribution in [0.2, 0.25) is 0 Å². The summed E-state index contributed by atoms with van der Waals surface area (Å²) >= 11 is 11.8. The van der Waals surface area contributed by atoms with Crippen molar-refractivity contribution in [1.82, 2.24) is 20.6 Å². The summed E-state index contributed by atoms with van der Waals surface area (Å²) in [6, 6.07) is 5.89. The molecular formula is C25H35Cl2N5O4. The molecule has 2 amide bonds. The van der Waals surface area contributed by atoms with Gasteiger partial charge in [0.1, 0.15) is 12.1 Å². The van der Waals surface area contributed by atoms with Gasteiger partial charge < -0.3 is 25.3 Å². The Hall–Kier alpha value is -2.78. The number of ether oxygens (including phenoxy) is 1. The molecule has 198 valence electrons. The highest BCUT2D eigenvalue weighted by atomic mass is 35.5. The van der Waals surface area contributed by atoms with Gasteiger partial charge in [-0.15, -0.1) is 23.2 Å². The second-order valence-electron chi connectivity index (χ2n) is 8.82. The van der Waals surface area contributed by atoms with Gasteiger partial charge in [-0.2, -0.15) is 0 Å². The van der Waals surface area contributed by atoms with Crippen LogP contribution in [-0.2, 0) is 32.0 Å². The number of imidazole rings is 1. The van der Waals surface area contributed by atoms with E-state index in [0.29, 0.717) is 37.0 Å². The van der Waals surface area contributed by atoms with E-state index >= 15 is 0 Å². The molecule has 2 aromatic rings. The SMILES string of the molecule is COC(=O)[C@H](Cc1cnc[nH]1)NC(=O)C(CC(C)C)NC(=O)Cc1ccc(N(CCCl)CCCl)cc1. The molecule has 0 aliphatic rings. The summed E-state index contributed by atoms with van der Waals surface area (Å²) in [6.07, 6.45) is 3.79. The van der Waals surface area contributed by atoms with Crippen molar-refractivity contribution in [3.63, 3.8) is 0 Å². The molecule has 0 fully saturated rings. The number of carbonyl (C=O) groups is 3. The number of nitrogens with zero attached hydrogens (tertiary/aromatic N) is 2. The van der Waals surface area contributed by atoms with Crippen molar-refractivity contribution in [2.45, 2.75) is 45.2 Å². The van der Waals surface area contributed by atoms with Crippen LogP contribution in [-0.4, -0.2) is 71.8 Å². The van der Waals surface area contributed by atoms with Gasteiger partial charge in [0.25, 0.3) is 0 Å². The van der Waals surface area contributed by atoms with Crippen LogP contribution in [0.3, 0.4) is 0 Å². The van der Waals surface area contributed by atoms with E-state index in [-0.39, 0.29) is 24.7 Å². The molecule has 9 nitrogen and oxygen atoms in total. The molecule has 1 unspecified atom stereocenters. The van der Waals surface area contributed by atoms with Crippen LogP contribution in [0.5, 0.6) is 0 Å². The Morgan fingerprint density at radius 2 is 1.72 bits per heavy atom. The maximum absolute atomic E-state index is 13.1. The van der Waals surface area contributed by atoms with E-state index in [0.717, 1.165) is 11.3 Å². The number of hydrogen-bond donors (Lipinski definition) is 3. The molecule has 2 atom stereocenters. The maximum atomic E-state index is 13.1. The number of H-pyrrole nitrogens is 1. The van der Waals surface area contributed by atoms with Gasteiger partial charge >= 0.3 is 5.97 Å². The second kappa shape index (κ2) is 15.4. The van der Waals surface area contributed by atoms with Gasteiger partial charge in [-0.25, -0.2) is 9.78 Å². The number of aromatic amines is 1. The highest BCUT2D eigenvalue weighted by molar-refractivity contribution is 6.18. The van der Waals surface area contributed by atoms with Gasteiger partial charge in [0.15, 0.2) is 0 Å². The van der Waals surface area contributed by atoms with Crippen molar-refractivity contribution < 1.29 is 19.1 Å². The average Bonchev–Trinajstić information content (AvgIpc) is 3.36. The van der Waals surface area contributed by atoms with Gasteiger partial charge in [0.05, 0.1) is 19.9 Å². The molecule has 0 bridgehead atoms. The molecule has 0 saturated carbocycles. The van der Waals surface area contributed by atoms with Gasteiger partial charge in [-0.05, 0) is 30.0 Å². The fraction of sp³-hybridized carbons (Fsp3) is 0.520. The van der Waals surface area contributed by atoms with Crippen LogP contribution in [0.1, 0.15) is 31.5 Å². The summed E-state index contributed by atoms with van der Waals surface area (Å²) in [4.78, 5) is 47.1. The smallest absolute Gasteiger partial charge is 0.328 e. The quantitative estimate of drug-likeness (QED) is 0.236. The lowest BCUT2D eigenvalue weighted by Crippen LogP contribution is -2.53. The Bertz CT molecular complexity index is 948. The molecule has 0 spiro atoms. The zero-order chi connectivity index (χ0) is 26.5. The monoisotopic (exact) mass is 539 g/mol. The lowest BCUT2D eigenvalue weighted by molar-refractivity contribution is -0.145. The molecule has 1 aromatic heterocycles. The number of nitrogens with one attached hydrogen (secondary N) is 3. The van der Waals surface area contributed by atoms with Crippen LogP contribution in [0.15, 0.2) is 36.8 Å². The number of esters is 1. The van der Waals surface area contributed by atoms with Crippen LogP contribution >= 0.6 is 23.2 Å². The summed E-state index contributed by atoms with van der Waals surface area (Å²) in [6.45, 7) is 5.27. The summed E-state index contributed by atoms with van der Waals surface area (Å²) < 4.78 is 4.85. The van der Waals surface area contributed by atoms with Crippen molar-refractivity contribution in [2.24, 2.45) is 5.92 Å². The predicted octanol–water partition coefficient (Wildman–Crippen LogP) is 2.67. The summed E-state index contributed by atoms with van der Waals surface area (Å²) in [5, 5.41) is 5.55. The minimum Gasteiger partial charge on any atom is -0.467 e. The van der Waals surface area contributed by atoms with Crippen molar-refractivity contribution in [3.8, 4) is 0 Å². The number of aromatic nitrogens is 2. The molecule has 0 aliphatic carbocycles. The van der Waals surface area contributed by atoms with E-state index in [9.17, 15) is 14.4 Å². The third-order valence-corrected chi connectivity index (χ3v) is 5.85. The van der Waals surface area contributed by atoms with Crippen molar-refractivity contribution >= 4 is 46.7 Å². The zero-order valence-electron chi connectivity index (χ0n) is 20.9. The Labute approximate surface area is 222 Å². The first-order chi connectivity index (χ1) is 17.3. The van der Waals surface area contributed by atoms with E-state index in [2.05, 4.69) is 25.5 Å². The normalized spacial score (nSPS) is 12.6. The largest absolute Gasteiger partial charge is 0.467 e. The first-order valence-electron chi connectivity index (χ1n) is 11.9. The van der Waals surface area contributed by atoms with E-state index in [1.54, 1.807) is 6.20 Å². The minimum atomic E-state index is -0.911. The summed E-state index contributed by atoms with van der Waals surface area (Å²) in [5.41, 5.74) is 2.46. The lowest BCUT2D eigenvalue weighted by Gasteiger charge is -2.24. The molecule has 1 aromatic carbocycles. The van der Waals surface area contributed by atoms with Crippen molar-refractivity contribution in [3.05, 3.63) is 48.0 Å². The van der Waals surface area contributed by atoms with E-state index in [1.807, 2.05) is 38.1 Å². The van der Waals surface area contributed by atoms with E-state index in [1.165, 1.54) is 13.4 Å². The van der Waals surface area contributed by atoms with Crippen LogP contribution in [0.25, 0.3) is 0 Å². The number of benzene rings is 1. The zero-order valence-corrected chi connectivity index (χ0v) is 22.4. The molecule has 0 aliphatic heterocycles. The van der Waals surface area contributed by atoms with E-state index < -0.39 is 24.0 Å². The standard InChI is InChI=1S/C25H35Cl2N5O4/c1-17(2)12-21(24(34)31-22(25(35)36-3)14-19-15-28-16-29-19)30-23(33)13-18-4-6-20(7-5-18)32(10-8-26)11-9-27/h4-7,15-17,21-22H,8-14H2,1-3H3,(H,28,29)(H,30,33)(H,31,34)/t21?,22-/m0/s1. The second-order valence-corrected chi connectivity index (χ2v) is 9.58.